The molecule has 1 heterocycles. The predicted octanol–water partition coefficient (Wildman–Crippen LogP) is 6.92. The lowest BCUT2D eigenvalue weighted by atomic mass is 10.0. The summed E-state index contributed by atoms with van der Waals surface area (Å²) in [7, 11) is 0. The number of fused-ring (bicyclic) bond motifs is 5. The average molecular weight is 346 g/mol. The predicted molar refractivity (Wildman–Crippen MR) is 105 cm³/mol. The molecule has 0 aliphatic carbocycles. The minimum atomic E-state index is 0.738. The van der Waals surface area contributed by atoms with Crippen molar-refractivity contribution in [2.45, 2.75) is 0 Å². The van der Waals surface area contributed by atoms with Crippen LogP contribution in [0.4, 0.5) is 0 Å². The quantitative estimate of drug-likeness (QED) is 0.300. The van der Waals surface area contributed by atoms with Crippen LogP contribution in [0.15, 0.2) is 72.8 Å². The monoisotopic (exact) mass is 345 g/mol. The van der Waals surface area contributed by atoms with E-state index in [2.05, 4.69) is 54.6 Å². The van der Waals surface area contributed by atoms with Gasteiger partial charge >= 0.3 is 0 Å². The van der Waals surface area contributed by atoms with Gasteiger partial charge in [0.2, 0.25) is 0 Å². The van der Waals surface area contributed by atoms with Crippen molar-refractivity contribution in [3.8, 4) is 10.6 Å². The van der Waals surface area contributed by atoms with Crippen molar-refractivity contribution in [2.24, 2.45) is 0 Å². The first-order chi connectivity index (χ1) is 11.8. The minimum absolute atomic E-state index is 0.738. The highest BCUT2D eigenvalue weighted by molar-refractivity contribution is 7.22. The first kappa shape index (κ1) is 14.0. The Kier molecular flexibility index (Phi) is 3.09. The number of hydrogen-bond donors (Lipinski definition) is 0. The Bertz CT molecular complexity index is 1220. The van der Waals surface area contributed by atoms with Crippen LogP contribution in [-0.2, 0) is 0 Å². The number of halogens is 1. The van der Waals surface area contributed by atoms with E-state index in [-0.39, 0.29) is 0 Å². The summed E-state index contributed by atoms with van der Waals surface area (Å²) in [5.41, 5.74) is 2.11. The molecule has 0 spiro atoms. The van der Waals surface area contributed by atoms with Gasteiger partial charge in [-0.15, -0.1) is 11.3 Å². The third-order valence-corrected chi connectivity index (χ3v) is 5.71. The number of rotatable bonds is 1. The Hall–Kier alpha value is -2.42. The molecular formula is C21H12ClNS. The minimum Gasteiger partial charge on any atom is -0.236 e. The van der Waals surface area contributed by atoms with E-state index in [4.69, 9.17) is 16.6 Å². The van der Waals surface area contributed by atoms with Crippen molar-refractivity contribution in [1.82, 2.24) is 4.98 Å². The van der Waals surface area contributed by atoms with E-state index in [1.165, 1.54) is 26.2 Å². The second kappa shape index (κ2) is 5.30. The van der Waals surface area contributed by atoms with Crippen LogP contribution in [0.5, 0.6) is 0 Å². The zero-order chi connectivity index (χ0) is 16.1. The third kappa shape index (κ3) is 2.11. The maximum Gasteiger partial charge on any atom is 0.124 e. The highest BCUT2D eigenvalue weighted by atomic mass is 35.5. The zero-order valence-electron chi connectivity index (χ0n) is 12.7. The van der Waals surface area contributed by atoms with Gasteiger partial charge in [-0.3, -0.25) is 0 Å². The van der Waals surface area contributed by atoms with E-state index in [1.54, 1.807) is 11.3 Å². The lowest BCUT2D eigenvalue weighted by molar-refractivity contribution is 1.48. The van der Waals surface area contributed by atoms with E-state index in [1.807, 2.05) is 18.2 Å². The molecule has 114 valence electrons. The third-order valence-electron chi connectivity index (χ3n) is 4.33. The smallest absolute Gasteiger partial charge is 0.124 e. The first-order valence-corrected chi connectivity index (χ1v) is 8.96. The van der Waals surface area contributed by atoms with Crippen molar-refractivity contribution in [3.63, 3.8) is 0 Å². The van der Waals surface area contributed by atoms with E-state index in [0.717, 1.165) is 21.1 Å². The van der Waals surface area contributed by atoms with E-state index < -0.39 is 0 Å². The Morgan fingerprint density at radius 2 is 1.62 bits per heavy atom. The molecule has 3 heteroatoms. The van der Waals surface area contributed by atoms with Crippen molar-refractivity contribution < 1.29 is 0 Å². The van der Waals surface area contributed by atoms with Gasteiger partial charge in [-0.25, -0.2) is 4.98 Å². The Morgan fingerprint density at radius 3 is 2.54 bits per heavy atom. The fourth-order valence-corrected chi connectivity index (χ4v) is 4.54. The second-order valence-electron chi connectivity index (χ2n) is 5.83. The van der Waals surface area contributed by atoms with Gasteiger partial charge in [0.25, 0.3) is 0 Å². The fourth-order valence-electron chi connectivity index (χ4n) is 3.22. The lowest BCUT2D eigenvalue weighted by Crippen LogP contribution is -1.78. The van der Waals surface area contributed by atoms with E-state index in [9.17, 15) is 0 Å². The van der Waals surface area contributed by atoms with Crippen LogP contribution in [-0.4, -0.2) is 4.98 Å². The van der Waals surface area contributed by atoms with Crippen LogP contribution in [0.1, 0.15) is 0 Å². The summed E-state index contributed by atoms with van der Waals surface area (Å²) in [6, 6.07) is 25.1. The van der Waals surface area contributed by atoms with Crippen LogP contribution in [0.25, 0.3) is 42.3 Å². The number of hydrogen-bond acceptors (Lipinski definition) is 2. The van der Waals surface area contributed by atoms with Gasteiger partial charge in [0.15, 0.2) is 0 Å². The summed E-state index contributed by atoms with van der Waals surface area (Å²) < 4.78 is 1.24. The maximum atomic E-state index is 6.14. The summed E-state index contributed by atoms with van der Waals surface area (Å²) in [5.74, 6) is 0. The van der Waals surface area contributed by atoms with Gasteiger partial charge in [0, 0.05) is 16.0 Å². The summed E-state index contributed by atoms with van der Waals surface area (Å²) in [4.78, 5) is 4.84. The largest absolute Gasteiger partial charge is 0.236 e. The highest BCUT2D eigenvalue weighted by Gasteiger charge is 2.11. The molecule has 0 radical (unpaired) electrons. The average Bonchev–Trinajstić information content (AvgIpc) is 3.06. The Labute approximate surface area is 148 Å². The molecule has 0 bridgehead atoms. The van der Waals surface area contributed by atoms with Crippen LogP contribution >= 0.6 is 22.9 Å². The van der Waals surface area contributed by atoms with Crippen LogP contribution < -0.4 is 0 Å². The van der Waals surface area contributed by atoms with Crippen LogP contribution in [0.3, 0.4) is 0 Å². The summed E-state index contributed by atoms with van der Waals surface area (Å²) in [5, 5.41) is 6.82. The number of thiazole rings is 1. The zero-order valence-corrected chi connectivity index (χ0v) is 14.2. The number of benzene rings is 4. The normalized spacial score (nSPS) is 11.5. The topological polar surface area (TPSA) is 12.9 Å². The summed E-state index contributed by atoms with van der Waals surface area (Å²) in [6.45, 7) is 0. The summed E-state index contributed by atoms with van der Waals surface area (Å²) in [6.07, 6.45) is 0. The highest BCUT2D eigenvalue weighted by Crippen LogP contribution is 2.38. The second-order valence-corrected chi connectivity index (χ2v) is 7.26. The molecular weight excluding hydrogens is 334 g/mol. The standard InChI is InChI=1S/C21H12ClNS/c22-16-6-3-5-15(12-16)21-23-18-11-10-14-9-8-13-4-1-2-7-17(13)19(14)20(18)24-21/h1-12H. The van der Waals surface area contributed by atoms with Crippen LogP contribution in [0.2, 0.25) is 5.02 Å². The first-order valence-electron chi connectivity index (χ1n) is 7.76. The Balaban J connectivity index is 1.89. The fraction of sp³-hybridized carbons (Fsp3) is 0. The molecule has 5 aromatic rings. The molecule has 1 aromatic heterocycles. The maximum absolute atomic E-state index is 6.14. The molecule has 0 saturated carbocycles. The van der Waals surface area contributed by atoms with Gasteiger partial charge in [-0.1, -0.05) is 66.2 Å². The molecule has 4 aromatic carbocycles. The molecule has 5 rings (SSSR count). The van der Waals surface area contributed by atoms with Gasteiger partial charge in [0.1, 0.15) is 5.01 Å². The molecule has 0 aliphatic rings. The van der Waals surface area contributed by atoms with Crippen molar-refractivity contribution >= 4 is 54.7 Å². The van der Waals surface area contributed by atoms with E-state index >= 15 is 0 Å². The van der Waals surface area contributed by atoms with Gasteiger partial charge < -0.3 is 0 Å². The lowest BCUT2D eigenvalue weighted by Gasteiger charge is -2.04. The molecule has 0 unspecified atom stereocenters. The van der Waals surface area contributed by atoms with Gasteiger partial charge in [-0.2, -0.15) is 0 Å². The summed E-state index contributed by atoms with van der Waals surface area (Å²) >= 11 is 7.88. The molecule has 1 nitrogen and oxygen atoms in total. The SMILES string of the molecule is Clc1cccc(-c2nc3ccc4ccc5ccccc5c4c3s2)c1. The van der Waals surface area contributed by atoms with Crippen LogP contribution in [0, 0.1) is 0 Å². The van der Waals surface area contributed by atoms with Crippen molar-refractivity contribution in [2.75, 3.05) is 0 Å². The molecule has 0 amide bonds. The van der Waals surface area contributed by atoms with Crippen molar-refractivity contribution in [1.29, 1.82) is 0 Å². The number of nitrogens with zero attached hydrogens (tertiary/aromatic N) is 1. The molecule has 0 aliphatic heterocycles. The number of aromatic nitrogens is 1. The van der Waals surface area contributed by atoms with Gasteiger partial charge in [-0.05, 0) is 34.4 Å². The molecule has 0 saturated heterocycles. The Morgan fingerprint density at radius 1 is 0.792 bits per heavy atom. The molecule has 0 fully saturated rings. The van der Waals surface area contributed by atoms with Crippen molar-refractivity contribution in [3.05, 3.63) is 77.8 Å². The molecule has 0 N–H and O–H groups in total. The van der Waals surface area contributed by atoms with E-state index in [0.29, 0.717) is 0 Å². The molecule has 24 heavy (non-hydrogen) atoms. The molecule has 0 atom stereocenters. The van der Waals surface area contributed by atoms with Gasteiger partial charge in [0.05, 0.1) is 10.2 Å².